The molecular formula is C17H29IN4O4S. The topological polar surface area (TPSA) is 101 Å². The van der Waals surface area contributed by atoms with Crippen molar-refractivity contribution in [2.75, 3.05) is 40.5 Å². The number of guanidine groups is 1. The van der Waals surface area contributed by atoms with Crippen LogP contribution in [0.5, 0.6) is 0 Å². The lowest BCUT2D eigenvalue weighted by atomic mass is 10.2. The normalized spacial score (nSPS) is 17.4. The Morgan fingerprint density at radius 2 is 2.04 bits per heavy atom. The Labute approximate surface area is 178 Å². The maximum absolute atomic E-state index is 12.3. The molecule has 1 aliphatic rings. The summed E-state index contributed by atoms with van der Waals surface area (Å²) in [6.45, 7) is 2.80. The summed E-state index contributed by atoms with van der Waals surface area (Å²) in [4.78, 5) is 4.37. The second-order valence-corrected chi connectivity index (χ2v) is 7.74. The minimum Gasteiger partial charge on any atom is -0.383 e. The van der Waals surface area contributed by atoms with Gasteiger partial charge < -0.3 is 20.1 Å². The van der Waals surface area contributed by atoms with Gasteiger partial charge in [-0.15, -0.1) is 24.0 Å². The van der Waals surface area contributed by atoms with Crippen molar-refractivity contribution >= 4 is 40.0 Å². The molecule has 0 spiro atoms. The van der Waals surface area contributed by atoms with Crippen LogP contribution in [0.3, 0.4) is 0 Å². The van der Waals surface area contributed by atoms with Gasteiger partial charge in [0, 0.05) is 40.4 Å². The number of hydrogen-bond acceptors (Lipinski definition) is 5. The second kappa shape index (κ2) is 12.5. The van der Waals surface area contributed by atoms with Gasteiger partial charge in [-0.25, -0.2) is 13.1 Å². The van der Waals surface area contributed by atoms with Gasteiger partial charge in [-0.05, 0) is 30.5 Å². The van der Waals surface area contributed by atoms with Gasteiger partial charge in [0.1, 0.15) is 0 Å². The van der Waals surface area contributed by atoms with E-state index in [0.29, 0.717) is 38.8 Å². The number of benzene rings is 1. The Hall–Kier alpha value is -0.950. The van der Waals surface area contributed by atoms with E-state index in [2.05, 4.69) is 20.3 Å². The molecule has 2 rings (SSSR count). The number of sulfonamides is 1. The molecule has 0 bridgehead atoms. The van der Waals surface area contributed by atoms with E-state index in [4.69, 9.17) is 9.47 Å². The van der Waals surface area contributed by atoms with Crippen molar-refractivity contribution in [1.29, 1.82) is 0 Å². The third kappa shape index (κ3) is 8.30. The lowest BCUT2D eigenvalue weighted by Crippen LogP contribution is -2.38. The fourth-order valence-corrected chi connectivity index (χ4v) is 3.62. The Bertz CT molecular complexity index is 677. The van der Waals surface area contributed by atoms with Crippen LogP contribution in [0, 0.1) is 0 Å². The van der Waals surface area contributed by atoms with Crippen molar-refractivity contribution in [3.05, 3.63) is 29.8 Å². The largest absolute Gasteiger partial charge is 0.383 e. The minimum atomic E-state index is -3.52. The highest BCUT2D eigenvalue weighted by atomic mass is 127. The zero-order valence-corrected chi connectivity index (χ0v) is 18.9. The van der Waals surface area contributed by atoms with E-state index in [1.165, 1.54) is 0 Å². The number of rotatable bonds is 9. The van der Waals surface area contributed by atoms with Crippen LogP contribution in [0.4, 0.5) is 0 Å². The maximum Gasteiger partial charge on any atom is 0.240 e. The number of methoxy groups -OCH3 is 1. The van der Waals surface area contributed by atoms with E-state index in [-0.39, 0.29) is 35.0 Å². The summed E-state index contributed by atoms with van der Waals surface area (Å²) in [7, 11) is -0.182. The number of nitrogens with zero attached hydrogens (tertiary/aromatic N) is 1. The molecule has 27 heavy (non-hydrogen) atoms. The molecule has 8 nitrogen and oxygen atoms in total. The van der Waals surface area contributed by atoms with Gasteiger partial charge in [0.15, 0.2) is 5.96 Å². The van der Waals surface area contributed by atoms with Gasteiger partial charge in [-0.1, -0.05) is 12.1 Å². The number of halogens is 1. The zero-order chi connectivity index (χ0) is 18.8. The molecule has 0 saturated carbocycles. The Kier molecular flexibility index (Phi) is 11.1. The van der Waals surface area contributed by atoms with E-state index in [1.807, 2.05) is 0 Å². The fourth-order valence-electron chi connectivity index (χ4n) is 2.56. The molecule has 1 aromatic rings. The molecule has 0 aromatic heterocycles. The van der Waals surface area contributed by atoms with Crippen molar-refractivity contribution < 1.29 is 17.9 Å². The summed E-state index contributed by atoms with van der Waals surface area (Å²) >= 11 is 0. The first-order valence-corrected chi connectivity index (χ1v) is 10.2. The Morgan fingerprint density at radius 1 is 1.30 bits per heavy atom. The second-order valence-electron chi connectivity index (χ2n) is 5.98. The van der Waals surface area contributed by atoms with E-state index in [1.54, 1.807) is 38.4 Å². The lowest BCUT2D eigenvalue weighted by molar-refractivity contribution is 0.114. The van der Waals surface area contributed by atoms with Crippen molar-refractivity contribution in [3.8, 4) is 0 Å². The standard InChI is InChI=1S/C17H28N4O4S.HI/c1-18-17(19-9-11-24-2)20-12-14-5-7-16(8-6-14)26(22,23)21-13-15-4-3-10-25-15;/h5-8,15,21H,3-4,9-13H2,1-2H3,(H2,18,19,20);1H. The SMILES string of the molecule is CN=C(NCCOC)NCc1ccc(S(=O)(=O)NCC2CCCO2)cc1.I. The van der Waals surface area contributed by atoms with Crippen molar-refractivity contribution in [2.24, 2.45) is 4.99 Å². The van der Waals surface area contributed by atoms with Crippen LogP contribution >= 0.6 is 24.0 Å². The smallest absolute Gasteiger partial charge is 0.240 e. The van der Waals surface area contributed by atoms with Crippen LogP contribution in [0.15, 0.2) is 34.2 Å². The third-order valence-corrected chi connectivity index (χ3v) is 5.48. The number of nitrogens with one attached hydrogen (secondary N) is 3. The highest BCUT2D eigenvalue weighted by Crippen LogP contribution is 2.14. The molecule has 1 aliphatic heterocycles. The summed E-state index contributed by atoms with van der Waals surface area (Å²) < 4.78 is 37.7. The molecule has 3 N–H and O–H groups in total. The fraction of sp³-hybridized carbons (Fsp3) is 0.588. The molecular weight excluding hydrogens is 483 g/mol. The van der Waals surface area contributed by atoms with Crippen molar-refractivity contribution in [1.82, 2.24) is 15.4 Å². The first kappa shape index (κ1) is 24.1. The first-order chi connectivity index (χ1) is 12.5. The van der Waals surface area contributed by atoms with E-state index >= 15 is 0 Å². The quantitative estimate of drug-likeness (QED) is 0.198. The maximum atomic E-state index is 12.3. The zero-order valence-electron chi connectivity index (χ0n) is 15.7. The van der Waals surface area contributed by atoms with Crippen LogP contribution in [0.2, 0.25) is 0 Å². The van der Waals surface area contributed by atoms with Crippen LogP contribution < -0.4 is 15.4 Å². The first-order valence-electron chi connectivity index (χ1n) is 8.69. The summed E-state index contributed by atoms with van der Waals surface area (Å²) in [5, 5.41) is 6.28. The molecule has 1 heterocycles. The van der Waals surface area contributed by atoms with E-state index in [0.717, 1.165) is 18.4 Å². The van der Waals surface area contributed by atoms with E-state index in [9.17, 15) is 8.42 Å². The lowest BCUT2D eigenvalue weighted by Gasteiger charge is -2.13. The third-order valence-electron chi connectivity index (χ3n) is 4.04. The number of ether oxygens (including phenoxy) is 2. The number of aliphatic imine (C=N–C) groups is 1. The van der Waals surface area contributed by atoms with Crippen LogP contribution in [0.1, 0.15) is 18.4 Å². The van der Waals surface area contributed by atoms with Crippen LogP contribution in [-0.2, 0) is 26.0 Å². The van der Waals surface area contributed by atoms with E-state index < -0.39 is 10.0 Å². The monoisotopic (exact) mass is 512 g/mol. The molecule has 1 atom stereocenters. The Morgan fingerprint density at radius 3 is 2.63 bits per heavy atom. The van der Waals surface area contributed by atoms with Crippen LogP contribution in [0.25, 0.3) is 0 Å². The van der Waals surface area contributed by atoms with Gasteiger partial charge in [0.25, 0.3) is 0 Å². The molecule has 0 amide bonds. The molecule has 1 unspecified atom stereocenters. The van der Waals surface area contributed by atoms with Crippen molar-refractivity contribution in [3.63, 3.8) is 0 Å². The van der Waals surface area contributed by atoms with Gasteiger partial charge in [-0.3, -0.25) is 4.99 Å². The van der Waals surface area contributed by atoms with Crippen molar-refractivity contribution in [2.45, 2.75) is 30.4 Å². The molecule has 1 saturated heterocycles. The average molecular weight is 512 g/mol. The van der Waals surface area contributed by atoms with Gasteiger partial charge in [0.05, 0.1) is 17.6 Å². The predicted molar refractivity (Wildman–Crippen MR) is 116 cm³/mol. The predicted octanol–water partition coefficient (Wildman–Crippen LogP) is 1.07. The average Bonchev–Trinajstić information content (AvgIpc) is 3.17. The molecule has 1 fully saturated rings. The summed E-state index contributed by atoms with van der Waals surface area (Å²) in [6, 6.07) is 6.79. The Balaban J connectivity index is 0.00000364. The molecule has 1 aromatic carbocycles. The molecule has 10 heteroatoms. The summed E-state index contributed by atoms with van der Waals surface area (Å²) in [6.07, 6.45) is 1.86. The minimum absolute atomic E-state index is 0. The van der Waals surface area contributed by atoms with Gasteiger partial charge in [0.2, 0.25) is 10.0 Å². The summed E-state index contributed by atoms with van der Waals surface area (Å²) in [5.41, 5.74) is 0.956. The number of hydrogen-bond donors (Lipinski definition) is 3. The molecule has 0 radical (unpaired) electrons. The van der Waals surface area contributed by atoms with Crippen LogP contribution in [-0.4, -0.2) is 60.9 Å². The highest BCUT2D eigenvalue weighted by molar-refractivity contribution is 14.0. The van der Waals surface area contributed by atoms with Gasteiger partial charge >= 0.3 is 0 Å². The molecule has 154 valence electrons. The summed E-state index contributed by atoms with van der Waals surface area (Å²) in [5.74, 6) is 0.664. The van der Waals surface area contributed by atoms with Gasteiger partial charge in [-0.2, -0.15) is 0 Å². The molecule has 0 aliphatic carbocycles. The highest BCUT2D eigenvalue weighted by Gasteiger charge is 2.20.